The van der Waals surface area contributed by atoms with Crippen LogP contribution in [0.4, 0.5) is 0 Å². The number of aromatic carboxylic acids is 1. The molecule has 0 bridgehead atoms. The summed E-state index contributed by atoms with van der Waals surface area (Å²) in [5.74, 6) is 0.265. The number of hydrogen-bond acceptors (Lipinski definition) is 3. The third-order valence-corrected chi connectivity index (χ3v) is 3.34. The summed E-state index contributed by atoms with van der Waals surface area (Å²) in [5, 5.41) is 9.57. The summed E-state index contributed by atoms with van der Waals surface area (Å²) in [4.78, 5) is 23.4. The van der Waals surface area contributed by atoms with Gasteiger partial charge in [0.25, 0.3) is 0 Å². The third-order valence-electron chi connectivity index (χ3n) is 3.34. The molecule has 0 unspecified atom stereocenters. The van der Waals surface area contributed by atoms with Gasteiger partial charge < -0.3 is 14.1 Å². The number of aryl methyl sites for hydroxylation is 1. The predicted octanol–water partition coefficient (Wildman–Crippen LogP) is 2.65. The number of aromatic nitrogens is 1. The number of carboxylic acids is 1. The number of benzene rings is 1. The van der Waals surface area contributed by atoms with E-state index in [1.54, 1.807) is 22.8 Å². The average molecular weight is 283 g/mol. The fourth-order valence-corrected chi connectivity index (χ4v) is 2.37. The molecule has 5 nitrogen and oxygen atoms in total. The SMILES string of the molecule is Cc1ccc(Cn2cc(C(=O)O)c(=O)c3ccccc32)o1. The standard InChI is InChI=1S/C16H13NO4/c1-10-6-7-11(21-10)8-17-9-13(16(19)20)15(18)12-4-2-3-5-14(12)17/h2-7,9H,8H2,1H3,(H,19,20). The molecular weight excluding hydrogens is 270 g/mol. The zero-order valence-electron chi connectivity index (χ0n) is 11.4. The van der Waals surface area contributed by atoms with E-state index in [9.17, 15) is 14.7 Å². The first-order valence-corrected chi connectivity index (χ1v) is 6.47. The number of carboxylic acid groups (broad SMARTS) is 1. The minimum atomic E-state index is -1.23. The van der Waals surface area contributed by atoms with Gasteiger partial charge in [0.15, 0.2) is 0 Å². The van der Waals surface area contributed by atoms with Gasteiger partial charge in [-0.1, -0.05) is 12.1 Å². The van der Waals surface area contributed by atoms with Crippen molar-refractivity contribution in [1.29, 1.82) is 0 Å². The van der Waals surface area contributed by atoms with Gasteiger partial charge in [-0.3, -0.25) is 4.79 Å². The smallest absolute Gasteiger partial charge is 0.341 e. The highest BCUT2D eigenvalue weighted by Gasteiger charge is 2.14. The molecule has 0 radical (unpaired) electrons. The second-order valence-electron chi connectivity index (χ2n) is 4.83. The Morgan fingerprint density at radius 1 is 1.24 bits per heavy atom. The molecule has 0 saturated carbocycles. The summed E-state index contributed by atoms with van der Waals surface area (Å²) in [6, 6.07) is 10.6. The maximum atomic E-state index is 12.2. The van der Waals surface area contributed by atoms with Crippen molar-refractivity contribution in [2.24, 2.45) is 0 Å². The Labute approximate surface area is 120 Å². The van der Waals surface area contributed by atoms with Gasteiger partial charge in [-0.25, -0.2) is 4.79 Å². The molecule has 0 amide bonds. The van der Waals surface area contributed by atoms with E-state index in [2.05, 4.69) is 0 Å². The van der Waals surface area contributed by atoms with Crippen LogP contribution in [0.15, 0.2) is 51.8 Å². The minimum absolute atomic E-state index is 0.239. The fourth-order valence-electron chi connectivity index (χ4n) is 2.37. The van der Waals surface area contributed by atoms with Crippen molar-refractivity contribution < 1.29 is 14.3 Å². The molecule has 3 rings (SSSR count). The van der Waals surface area contributed by atoms with Crippen LogP contribution in [0.1, 0.15) is 21.9 Å². The van der Waals surface area contributed by atoms with E-state index in [0.717, 1.165) is 5.76 Å². The summed E-state index contributed by atoms with van der Waals surface area (Å²) < 4.78 is 7.24. The van der Waals surface area contributed by atoms with E-state index in [1.807, 2.05) is 25.1 Å². The number of fused-ring (bicyclic) bond motifs is 1. The van der Waals surface area contributed by atoms with Crippen LogP contribution in [0.3, 0.4) is 0 Å². The van der Waals surface area contributed by atoms with Crippen molar-refractivity contribution in [3.8, 4) is 0 Å². The summed E-state index contributed by atoms with van der Waals surface area (Å²) in [6.07, 6.45) is 1.37. The lowest BCUT2D eigenvalue weighted by molar-refractivity contribution is 0.0695. The van der Waals surface area contributed by atoms with Gasteiger partial charge in [-0.2, -0.15) is 0 Å². The highest BCUT2D eigenvalue weighted by atomic mass is 16.4. The van der Waals surface area contributed by atoms with Gasteiger partial charge in [0.05, 0.1) is 12.1 Å². The summed E-state index contributed by atoms with van der Waals surface area (Å²) in [6.45, 7) is 2.21. The molecule has 0 aliphatic carbocycles. The molecule has 3 aromatic rings. The van der Waals surface area contributed by atoms with Crippen molar-refractivity contribution >= 4 is 16.9 Å². The highest BCUT2D eigenvalue weighted by Crippen LogP contribution is 2.15. The Bertz CT molecular complexity index is 889. The van der Waals surface area contributed by atoms with Crippen molar-refractivity contribution in [3.05, 3.63) is 69.9 Å². The van der Waals surface area contributed by atoms with E-state index >= 15 is 0 Å². The highest BCUT2D eigenvalue weighted by molar-refractivity contribution is 5.92. The first-order valence-electron chi connectivity index (χ1n) is 6.47. The van der Waals surface area contributed by atoms with Crippen LogP contribution < -0.4 is 5.43 Å². The van der Waals surface area contributed by atoms with Crippen molar-refractivity contribution in [1.82, 2.24) is 4.57 Å². The van der Waals surface area contributed by atoms with Crippen LogP contribution in [0.25, 0.3) is 10.9 Å². The van der Waals surface area contributed by atoms with Gasteiger partial charge in [-0.05, 0) is 31.2 Å². The molecule has 2 heterocycles. The van der Waals surface area contributed by atoms with Crippen LogP contribution in [-0.4, -0.2) is 15.6 Å². The van der Waals surface area contributed by atoms with Crippen LogP contribution in [0.5, 0.6) is 0 Å². The number of rotatable bonds is 3. The van der Waals surface area contributed by atoms with E-state index in [1.165, 1.54) is 6.20 Å². The predicted molar refractivity (Wildman–Crippen MR) is 77.7 cm³/mol. The monoisotopic (exact) mass is 283 g/mol. The van der Waals surface area contributed by atoms with Crippen LogP contribution >= 0.6 is 0 Å². The Kier molecular flexibility index (Phi) is 3.10. The van der Waals surface area contributed by atoms with Gasteiger partial charge >= 0.3 is 5.97 Å². The lowest BCUT2D eigenvalue weighted by Gasteiger charge is -2.10. The maximum Gasteiger partial charge on any atom is 0.341 e. The molecule has 0 fully saturated rings. The average Bonchev–Trinajstić information content (AvgIpc) is 2.87. The topological polar surface area (TPSA) is 72.4 Å². The molecule has 0 atom stereocenters. The quantitative estimate of drug-likeness (QED) is 0.802. The minimum Gasteiger partial charge on any atom is -0.477 e. The molecule has 0 saturated heterocycles. The summed E-state index contributed by atoms with van der Waals surface area (Å²) in [7, 11) is 0. The first-order chi connectivity index (χ1) is 10.1. The van der Waals surface area contributed by atoms with E-state index in [0.29, 0.717) is 23.2 Å². The number of nitrogens with zero attached hydrogens (tertiary/aromatic N) is 1. The normalized spacial score (nSPS) is 10.9. The number of furan rings is 1. The Hall–Kier alpha value is -2.82. The zero-order valence-corrected chi connectivity index (χ0v) is 11.4. The second kappa shape index (κ2) is 4.94. The Morgan fingerprint density at radius 3 is 2.67 bits per heavy atom. The lowest BCUT2D eigenvalue weighted by atomic mass is 10.1. The third kappa shape index (κ3) is 2.33. The van der Waals surface area contributed by atoms with Gasteiger partial charge in [-0.15, -0.1) is 0 Å². The Balaban J connectivity index is 2.23. The molecule has 21 heavy (non-hydrogen) atoms. The van der Waals surface area contributed by atoms with Crippen molar-refractivity contribution in [2.75, 3.05) is 0 Å². The molecule has 0 aliphatic rings. The van der Waals surface area contributed by atoms with Crippen LogP contribution in [0, 0.1) is 6.92 Å². The molecule has 2 aromatic heterocycles. The van der Waals surface area contributed by atoms with Gasteiger partial charge in [0, 0.05) is 11.6 Å². The van der Waals surface area contributed by atoms with E-state index in [4.69, 9.17) is 4.42 Å². The number of pyridine rings is 1. The summed E-state index contributed by atoms with van der Waals surface area (Å²) >= 11 is 0. The molecule has 0 spiro atoms. The molecule has 106 valence electrons. The zero-order chi connectivity index (χ0) is 15.0. The first kappa shape index (κ1) is 13.2. The van der Waals surface area contributed by atoms with Crippen molar-refractivity contribution in [3.63, 3.8) is 0 Å². The summed E-state index contributed by atoms with van der Waals surface area (Å²) in [5.41, 5.74) is -0.0245. The Morgan fingerprint density at radius 2 is 2.00 bits per heavy atom. The number of hydrogen-bond donors (Lipinski definition) is 1. The molecule has 1 N–H and O–H groups in total. The van der Waals surface area contributed by atoms with Crippen molar-refractivity contribution in [2.45, 2.75) is 13.5 Å². The number of carbonyl (C=O) groups is 1. The van der Waals surface area contributed by atoms with E-state index < -0.39 is 11.4 Å². The second-order valence-corrected chi connectivity index (χ2v) is 4.83. The molecular formula is C16H13NO4. The fraction of sp³-hybridized carbons (Fsp3) is 0.125. The molecule has 1 aromatic carbocycles. The molecule has 0 aliphatic heterocycles. The largest absolute Gasteiger partial charge is 0.477 e. The van der Waals surface area contributed by atoms with E-state index in [-0.39, 0.29) is 5.56 Å². The number of para-hydroxylation sites is 1. The maximum absolute atomic E-state index is 12.2. The van der Waals surface area contributed by atoms with Crippen LogP contribution in [0.2, 0.25) is 0 Å². The van der Waals surface area contributed by atoms with Crippen LogP contribution in [-0.2, 0) is 6.54 Å². The molecule has 5 heteroatoms. The van der Waals surface area contributed by atoms with Gasteiger partial charge in [0.2, 0.25) is 5.43 Å². The van der Waals surface area contributed by atoms with Gasteiger partial charge in [0.1, 0.15) is 17.1 Å². The lowest BCUT2D eigenvalue weighted by Crippen LogP contribution is -2.19.